The molecule has 0 fully saturated rings. The third-order valence-corrected chi connectivity index (χ3v) is 2.26. The summed E-state index contributed by atoms with van der Waals surface area (Å²) in [5, 5.41) is 8.37. The Morgan fingerprint density at radius 3 is 2.72 bits per heavy atom. The Bertz CT molecular complexity index is 527. The fraction of sp³-hybridized carbons (Fsp3) is 0.0714. The van der Waals surface area contributed by atoms with Crippen LogP contribution in [0.5, 0.6) is 11.5 Å². The van der Waals surface area contributed by atoms with Crippen molar-refractivity contribution in [2.75, 3.05) is 6.79 Å². The number of allylic oxidation sites excluding steroid dienone is 4. The van der Waals surface area contributed by atoms with Crippen molar-refractivity contribution in [2.24, 2.45) is 0 Å². The van der Waals surface area contributed by atoms with Crippen molar-refractivity contribution in [1.29, 1.82) is 0 Å². The molecule has 0 radical (unpaired) electrons. The molecule has 1 aliphatic heterocycles. The van der Waals surface area contributed by atoms with Gasteiger partial charge in [-0.15, -0.1) is 0 Å². The molecule has 4 heteroatoms. The van der Waals surface area contributed by atoms with Crippen LogP contribution >= 0.6 is 0 Å². The van der Waals surface area contributed by atoms with Crippen LogP contribution in [0.25, 0.3) is 6.08 Å². The van der Waals surface area contributed by atoms with Crippen molar-refractivity contribution in [3.63, 3.8) is 0 Å². The highest BCUT2D eigenvalue weighted by atomic mass is 16.7. The van der Waals surface area contributed by atoms with E-state index in [1.54, 1.807) is 12.2 Å². The predicted molar refractivity (Wildman–Crippen MR) is 67.5 cm³/mol. The van der Waals surface area contributed by atoms with E-state index in [-0.39, 0.29) is 6.79 Å². The molecule has 0 unspecified atom stereocenters. The van der Waals surface area contributed by atoms with Crippen molar-refractivity contribution in [3.05, 3.63) is 54.1 Å². The number of ether oxygens (including phenoxy) is 2. The van der Waals surface area contributed by atoms with Crippen LogP contribution in [0, 0.1) is 0 Å². The molecule has 0 saturated heterocycles. The van der Waals surface area contributed by atoms with Gasteiger partial charge in [0.15, 0.2) is 11.5 Å². The van der Waals surface area contributed by atoms with Gasteiger partial charge in [-0.3, -0.25) is 0 Å². The monoisotopic (exact) mass is 244 g/mol. The second kappa shape index (κ2) is 5.72. The zero-order valence-electron chi connectivity index (χ0n) is 9.58. The topological polar surface area (TPSA) is 55.8 Å². The Morgan fingerprint density at radius 2 is 1.89 bits per heavy atom. The minimum Gasteiger partial charge on any atom is -0.478 e. The smallest absolute Gasteiger partial charge is 0.328 e. The zero-order chi connectivity index (χ0) is 12.8. The molecule has 92 valence electrons. The third-order valence-electron chi connectivity index (χ3n) is 2.26. The van der Waals surface area contributed by atoms with Gasteiger partial charge in [-0.05, 0) is 17.7 Å². The summed E-state index contributed by atoms with van der Waals surface area (Å²) in [6.45, 7) is 0.266. The zero-order valence-corrected chi connectivity index (χ0v) is 9.58. The summed E-state index contributed by atoms with van der Waals surface area (Å²) in [6.07, 6.45) is 9.66. The Morgan fingerprint density at radius 1 is 1.11 bits per heavy atom. The molecule has 0 atom stereocenters. The number of carboxylic acid groups (broad SMARTS) is 1. The van der Waals surface area contributed by atoms with Crippen LogP contribution in [-0.4, -0.2) is 17.9 Å². The van der Waals surface area contributed by atoms with Crippen LogP contribution in [0.3, 0.4) is 0 Å². The maximum absolute atomic E-state index is 10.2. The number of fused-ring (bicyclic) bond motifs is 1. The molecule has 0 aromatic heterocycles. The van der Waals surface area contributed by atoms with E-state index in [0.29, 0.717) is 0 Å². The Balaban J connectivity index is 1.95. The Labute approximate surface area is 104 Å². The third kappa shape index (κ3) is 3.25. The number of hydrogen-bond acceptors (Lipinski definition) is 3. The molecule has 0 amide bonds. The second-order valence-electron chi connectivity index (χ2n) is 3.55. The first-order valence-corrected chi connectivity index (χ1v) is 5.40. The van der Waals surface area contributed by atoms with Gasteiger partial charge in [0.2, 0.25) is 6.79 Å². The molecule has 0 spiro atoms. The molecule has 0 aliphatic carbocycles. The SMILES string of the molecule is O=C(O)/C=C/C=C/C=C/c1ccc2c(c1)OCO2. The number of hydrogen-bond donors (Lipinski definition) is 1. The van der Waals surface area contributed by atoms with E-state index in [2.05, 4.69) is 0 Å². The normalized spacial score (nSPS) is 14.0. The lowest BCUT2D eigenvalue weighted by atomic mass is 10.2. The summed E-state index contributed by atoms with van der Waals surface area (Å²) < 4.78 is 10.5. The average molecular weight is 244 g/mol. The Kier molecular flexibility index (Phi) is 3.81. The molecule has 2 rings (SSSR count). The van der Waals surface area contributed by atoms with Crippen molar-refractivity contribution >= 4 is 12.0 Å². The highest BCUT2D eigenvalue weighted by molar-refractivity contribution is 5.80. The van der Waals surface area contributed by atoms with E-state index in [9.17, 15) is 4.79 Å². The van der Waals surface area contributed by atoms with Crippen molar-refractivity contribution in [3.8, 4) is 11.5 Å². The lowest BCUT2D eigenvalue weighted by Crippen LogP contribution is -1.92. The second-order valence-corrected chi connectivity index (χ2v) is 3.55. The van der Waals surface area contributed by atoms with Crippen molar-refractivity contribution < 1.29 is 19.4 Å². The molecular formula is C14H12O4. The summed E-state index contributed by atoms with van der Waals surface area (Å²) in [5.74, 6) is 0.540. The summed E-state index contributed by atoms with van der Waals surface area (Å²) in [4.78, 5) is 10.2. The fourth-order valence-corrected chi connectivity index (χ4v) is 1.45. The molecule has 1 aromatic carbocycles. The van der Waals surface area contributed by atoms with Crippen LogP contribution in [0.15, 0.2) is 48.6 Å². The van der Waals surface area contributed by atoms with E-state index in [4.69, 9.17) is 14.6 Å². The largest absolute Gasteiger partial charge is 0.478 e. The summed E-state index contributed by atoms with van der Waals surface area (Å²) in [7, 11) is 0. The maximum Gasteiger partial charge on any atom is 0.328 e. The van der Waals surface area contributed by atoms with Crippen molar-refractivity contribution in [1.82, 2.24) is 0 Å². The molecule has 4 nitrogen and oxygen atoms in total. The first-order valence-electron chi connectivity index (χ1n) is 5.40. The first kappa shape index (κ1) is 12.0. The van der Waals surface area contributed by atoms with E-state index in [1.807, 2.05) is 30.4 Å². The van der Waals surface area contributed by atoms with Gasteiger partial charge >= 0.3 is 5.97 Å². The van der Waals surface area contributed by atoms with Crippen LogP contribution < -0.4 is 9.47 Å². The number of aliphatic carboxylic acids is 1. The lowest BCUT2D eigenvalue weighted by Gasteiger charge is -1.96. The number of carboxylic acids is 1. The van der Waals surface area contributed by atoms with Crippen LogP contribution in [-0.2, 0) is 4.79 Å². The van der Waals surface area contributed by atoms with E-state index in [1.165, 1.54) is 6.08 Å². The van der Waals surface area contributed by atoms with Gasteiger partial charge in [0.25, 0.3) is 0 Å². The minimum absolute atomic E-state index is 0.266. The lowest BCUT2D eigenvalue weighted by molar-refractivity contribution is -0.131. The van der Waals surface area contributed by atoms with Gasteiger partial charge in [0, 0.05) is 6.08 Å². The van der Waals surface area contributed by atoms with Crippen LogP contribution in [0.4, 0.5) is 0 Å². The van der Waals surface area contributed by atoms with Gasteiger partial charge in [-0.25, -0.2) is 4.79 Å². The quantitative estimate of drug-likeness (QED) is 0.653. The minimum atomic E-state index is -0.959. The van der Waals surface area contributed by atoms with Crippen LogP contribution in [0.1, 0.15) is 5.56 Å². The molecular weight excluding hydrogens is 232 g/mol. The molecule has 1 aliphatic rings. The van der Waals surface area contributed by atoms with Gasteiger partial charge in [-0.1, -0.05) is 36.4 Å². The van der Waals surface area contributed by atoms with E-state index in [0.717, 1.165) is 23.1 Å². The summed E-state index contributed by atoms with van der Waals surface area (Å²) in [6, 6.07) is 5.67. The average Bonchev–Trinajstić information content (AvgIpc) is 2.80. The number of benzene rings is 1. The molecule has 1 aromatic rings. The van der Waals surface area contributed by atoms with Gasteiger partial charge in [-0.2, -0.15) is 0 Å². The van der Waals surface area contributed by atoms with Gasteiger partial charge in [0.05, 0.1) is 0 Å². The standard InChI is InChI=1S/C14H12O4/c15-14(16)6-4-2-1-3-5-11-7-8-12-13(9-11)18-10-17-12/h1-9H,10H2,(H,15,16)/b2-1+,5-3+,6-4+. The summed E-state index contributed by atoms with van der Waals surface area (Å²) >= 11 is 0. The highest BCUT2D eigenvalue weighted by Gasteiger charge is 2.11. The van der Waals surface area contributed by atoms with E-state index < -0.39 is 5.97 Å². The first-order chi connectivity index (χ1) is 8.75. The van der Waals surface area contributed by atoms with Crippen molar-refractivity contribution in [2.45, 2.75) is 0 Å². The summed E-state index contributed by atoms with van der Waals surface area (Å²) in [5.41, 5.74) is 0.992. The fourth-order valence-electron chi connectivity index (χ4n) is 1.45. The molecule has 1 heterocycles. The number of rotatable bonds is 4. The van der Waals surface area contributed by atoms with Gasteiger partial charge < -0.3 is 14.6 Å². The predicted octanol–water partition coefficient (Wildman–Crippen LogP) is 2.63. The van der Waals surface area contributed by atoms with Gasteiger partial charge in [0.1, 0.15) is 0 Å². The maximum atomic E-state index is 10.2. The Hall–Kier alpha value is -2.49. The van der Waals surface area contributed by atoms with Crippen LogP contribution in [0.2, 0.25) is 0 Å². The molecule has 0 bridgehead atoms. The molecule has 1 N–H and O–H groups in total. The van der Waals surface area contributed by atoms with E-state index >= 15 is 0 Å². The molecule has 18 heavy (non-hydrogen) atoms. The highest BCUT2D eigenvalue weighted by Crippen LogP contribution is 2.32. The number of carbonyl (C=O) groups is 1. The molecule has 0 saturated carbocycles.